The van der Waals surface area contributed by atoms with Gasteiger partial charge in [-0.05, 0) is 49.6 Å². The normalized spacial score (nSPS) is 15.5. The Balaban J connectivity index is 1.37. The number of carbonyl (C=O) groups is 1. The Kier molecular flexibility index (Phi) is 6.98. The van der Waals surface area contributed by atoms with Crippen LogP contribution < -0.4 is 5.32 Å². The molecule has 2 heterocycles. The summed E-state index contributed by atoms with van der Waals surface area (Å²) in [4.78, 5) is 17.3. The minimum Gasteiger partial charge on any atom is -0.325 e. The molecule has 0 spiro atoms. The van der Waals surface area contributed by atoms with Crippen LogP contribution in [0, 0.1) is 0 Å². The number of sulfonamides is 1. The van der Waals surface area contributed by atoms with Crippen LogP contribution in [0.15, 0.2) is 77.0 Å². The van der Waals surface area contributed by atoms with Crippen molar-refractivity contribution in [2.75, 3.05) is 18.4 Å². The van der Waals surface area contributed by atoms with Crippen molar-refractivity contribution in [3.63, 3.8) is 0 Å². The van der Waals surface area contributed by atoms with Crippen LogP contribution in [-0.2, 0) is 21.4 Å². The minimum atomic E-state index is -3.46. The summed E-state index contributed by atoms with van der Waals surface area (Å²) in [7, 11) is -3.46. The largest absolute Gasteiger partial charge is 0.325 e. The zero-order valence-corrected chi connectivity index (χ0v) is 19.5. The summed E-state index contributed by atoms with van der Waals surface area (Å²) in [6.45, 7) is 3.64. The molecule has 7 nitrogen and oxygen atoms in total. The van der Waals surface area contributed by atoms with Crippen molar-refractivity contribution in [1.82, 2.24) is 13.9 Å². The first kappa shape index (κ1) is 22.6. The molecule has 168 valence electrons. The molecule has 1 atom stereocenters. The quantitative estimate of drug-likeness (QED) is 0.506. The maximum atomic E-state index is 12.7. The first-order valence-corrected chi connectivity index (χ1v) is 12.9. The number of imidazole rings is 1. The molecular weight excluding hydrogens is 444 g/mol. The number of nitrogens with one attached hydrogen (secondary N) is 1. The Labute approximate surface area is 192 Å². The van der Waals surface area contributed by atoms with Crippen LogP contribution in [0.5, 0.6) is 0 Å². The van der Waals surface area contributed by atoms with Crippen molar-refractivity contribution in [3.05, 3.63) is 72.6 Å². The molecule has 0 saturated carbocycles. The van der Waals surface area contributed by atoms with Gasteiger partial charge in [0.1, 0.15) is 0 Å². The molecule has 1 N–H and O–H groups in total. The summed E-state index contributed by atoms with van der Waals surface area (Å²) in [5.41, 5.74) is 1.73. The number of hydrogen-bond acceptors (Lipinski definition) is 5. The average Bonchev–Trinajstić information content (AvgIpc) is 3.48. The smallest absolute Gasteiger partial charge is 0.243 e. The average molecular weight is 471 g/mol. The van der Waals surface area contributed by atoms with Crippen LogP contribution in [0.25, 0.3) is 0 Å². The highest BCUT2D eigenvalue weighted by Crippen LogP contribution is 2.25. The summed E-state index contributed by atoms with van der Waals surface area (Å²) in [5.74, 6) is -0.167. The van der Waals surface area contributed by atoms with Gasteiger partial charge >= 0.3 is 0 Å². The van der Waals surface area contributed by atoms with E-state index >= 15 is 0 Å². The number of aromatic nitrogens is 2. The van der Waals surface area contributed by atoms with E-state index in [1.54, 1.807) is 30.5 Å². The second-order valence-corrected chi connectivity index (χ2v) is 11.0. The van der Waals surface area contributed by atoms with Crippen LogP contribution in [0.3, 0.4) is 0 Å². The SMILES string of the molecule is C[C@H](Sc1nccn1Cc1ccccc1)C(=O)Nc1ccc(S(=O)(=O)N2CCCC2)cc1. The fourth-order valence-corrected chi connectivity index (χ4v) is 5.94. The molecule has 3 aromatic rings. The number of carbonyl (C=O) groups excluding carboxylic acids is 1. The van der Waals surface area contributed by atoms with Crippen LogP contribution in [0.4, 0.5) is 5.69 Å². The van der Waals surface area contributed by atoms with Crippen molar-refractivity contribution < 1.29 is 13.2 Å². The third kappa shape index (κ3) is 5.23. The van der Waals surface area contributed by atoms with E-state index in [1.165, 1.54) is 16.1 Å². The van der Waals surface area contributed by atoms with E-state index in [-0.39, 0.29) is 16.1 Å². The second kappa shape index (κ2) is 9.89. The monoisotopic (exact) mass is 470 g/mol. The van der Waals surface area contributed by atoms with Gasteiger partial charge in [-0.15, -0.1) is 0 Å². The Bertz CT molecular complexity index is 1160. The highest BCUT2D eigenvalue weighted by atomic mass is 32.2. The molecule has 0 bridgehead atoms. The highest BCUT2D eigenvalue weighted by molar-refractivity contribution is 8.00. The van der Waals surface area contributed by atoms with Crippen molar-refractivity contribution in [3.8, 4) is 0 Å². The molecule has 9 heteroatoms. The molecular formula is C23H26N4O3S2. The first-order valence-electron chi connectivity index (χ1n) is 10.6. The zero-order valence-electron chi connectivity index (χ0n) is 17.8. The number of amides is 1. The van der Waals surface area contributed by atoms with Gasteiger partial charge in [0.05, 0.1) is 10.1 Å². The molecule has 1 fully saturated rings. The lowest BCUT2D eigenvalue weighted by Gasteiger charge is -2.16. The fraction of sp³-hybridized carbons (Fsp3) is 0.304. The van der Waals surface area contributed by atoms with Gasteiger partial charge in [-0.3, -0.25) is 4.79 Å². The maximum Gasteiger partial charge on any atom is 0.243 e. The zero-order chi connectivity index (χ0) is 22.6. The number of anilines is 1. The third-order valence-electron chi connectivity index (χ3n) is 5.35. The van der Waals surface area contributed by atoms with E-state index in [0.717, 1.165) is 23.6 Å². The van der Waals surface area contributed by atoms with Gasteiger partial charge in [0.2, 0.25) is 15.9 Å². The molecule has 32 heavy (non-hydrogen) atoms. The molecule has 0 radical (unpaired) electrons. The summed E-state index contributed by atoms with van der Waals surface area (Å²) < 4.78 is 28.8. The van der Waals surface area contributed by atoms with Crippen molar-refractivity contribution in [1.29, 1.82) is 0 Å². The number of nitrogens with zero attached hydrogens (tertiary/aromatic N) is 3. The number of benzene rings is 2. The van der Waals surface area contributed by atoms with Crippen LogP contribution in [0.1, 0.15) is 25.3 Å². The lowest BCUT2D eigenvalue weighted by molar-refractivity contribution is -0.115. The van der Waals surface area contributed by atoms with Gasteiger partial charge in [0.15, 0.2) is 5.16 Å². The number of thioether (sulfide) groups is 1. The molecule has 0 aliphatic carbocycles. The Hall–Kier alpha value is -2.62. The Morgan fingerprint density at radius 1 is 1.09 bits per heavy atom. The Morgan fingerprint density at radius 3 is 2.47 bits per heavy atom. The summed E-state index contributed by atoms with van der Waals surface area (Å²) in [6, 6.07) is 16.4. The molecule has 0 unspecified atom stereocenters. The highest BCUT2D eigenvalue weighted by Gasteiger charge is 2.27. The molecule has 4 rings (SSSR count). The second-order valence-electron chi connectivity index (χ2n) is 7.71. The predicted octanol–water partition coefficient (Wildman–Crippen LogP) is 3.84. The van der Waals surface area contributed by atoms with E-state index in [0.29, 0.717) is 25.3 Å². The fourth-order valence-electron chi connectivity index (χ4n) is 3.56. The standard InChI is InChI=1S/C23H26N4O3S2/c1-18(31-23-24-13-16-26(23)17-19-7-3-2-4-8-19)22(28)25-20-9-11-21(12-10-20)32(29,30)27-14-5-6-15-27/h2-4,7-13,16,18H,5-6,14-15,17H2,1H3,(H,25,28)/t18-/m0/s1. The van der Waals surface area contributed by atoms with Gasteiger partial charge in [-0.25, -0.2) is 13.4 Å². The van der Waals surface area contributed by atoms with Crippen LogP contribution in [0.2, 0.25) is 0 Å². The van der Waals surface area contributed by atoms with E-state index in [1.807, 2.05) is 35.9 Å². The van der Waals surface area contributed by atoms with E-state index in [2.05, 4.69) is 22.4 Å². The number of hydrogen-bond donors (Lipinski definition) is 1. The van der Waals surface area contributed by atoms with E-state index < -0.39 is 10.0 Å². The lowest BCUT2D eigenvalue weighted by Crippen LogP contribution is -2.27. The van der Waals surface area contributed by atoms with Crippen molar-refractivity contribution in [2.45, 2.75) is 41.6 Å². The molecule has 1 saturated heterocycles. The molecule has 1 aromatic heterocycles. The minimum absolute atomic E-state index is 0.167. The van der Waals surface area contributed by atoms with Gasteiger partial charge in [0, 0.05) is 37.7 Å². The topological polar surface area (TPSA) is 84.3 Å². The molecule has 1 aliphatic rings. The number of rotatable bonds is 8. The van der Waals surface area contributed by atoms with Gasteiger partial charge < -0.3 is 9.88 Å². The predicted molar refractivity (Wildman–Crippen MR) is 126 cm³/mol. The van der Waals surface area contributed by atoms with Gasteiger partial charge in [0.25, 0.3) is 0 Å². The Morgan fingerprint density at radius 2 is 1.78 bits per heavy atom. The third-order valence-corrected chi connectivity index (χ3v) is 8.38. The summed E-state index contributed by atoms with van der Waals surface area (Å²) in [5, 5.41) is 3.26. The van der Waals surface area contributed by atoms with Gasteiger partial charge in [-0.1, -0.05) is 42.1 Å². The molecule has 1 aliphatic heterocycles. The van der Waals surface area contributed by atoms with E-state index in [9.17, 15) is 13.2 Å². The maximum absolute atomic E-state index is 12.7. The van der Waals surface area contributed by atoms with E-state index in [4.69, 9.17) is 0 Å². The van der Waals surface area contributed by atoms with Crippen LogP contribution >= 0.6 is 11.8 Å². The summed E-state index contributed by atoms with van der Waals surface area (Å²) >= 11 is 1.38. The first-order chi connectivity index (χ1) is 15.4. The van der Waals surface area contributed by atoms with Gasteiger partial charge in [-0.2, -0.15) is 4.31 Å². The molecule has 1 amide bonds. The van der Waals surface area contributed by atoms with Crippen molar-refractivity contribution in [2.24, 2.45) is 0 Å². The van der Waals surface area contributed by atoms with Crippen molar-refractivity contribution >= 4 is 33.4 Å². The van der Waals surface area contributed by atoms with Crippen LogP contribution in [-0.4, -0.2) is 46.5 Å². The summed E-state index contributed by atoms with van der Waals surface area (Å²) in [6.07, 6.45) is 5.42. The lowest BCUT2D eigenvalue weighted by atomic mass is 10.2. The molecule has 2 aromatic carbocycles.